The zero-order chi connectivity index (χ0) is 20.9. The molecule has 10 heteroatoms. The predicted octanol–water partition coefficient (Wildman–Crippen LogP) is 0.989. The first kappa shape index (κ1) is 22.8. The Hall–Kier alpha value is -1.49. The van der Waals surface area contributed by atoms with E-state index in [2.05, 4.69) is 10.6 Å². The summed E-state index contributed by atoms with van der Waals surface area (Å²) in [4.78, 5) is 11.1. The predicted molar refractivity (Wildman–Crippen MR) is 108 cm³/mol. The van der Waals surface area contributed by atoms with Crippen molar-refractivity contribution in [3.63, 3.8) is 0 Å². The minimum Gasteiger partial charge on any atom is -0.379 e. The molecule has 158 valence electrons. The van der Waals surface area contributed by atoms with E-state index in [9.17, 15) is 21.6 Å². The van der Waals surface area contributed by atoms with E-state index in [1.807, 2.05) is 13.8 Å². The van der Waals surface area contributed by atoms with Crippen LogP contribution < -0.4 is 10.6 Å². The van der Waals surface area contributed by atoms with Crippen LogP contribution in [0.1, 0.15) is 27.2 Å². The largest absolute Gasteiger partial charge is 0.379 e. The number of nitrogens with one attached hydrogen (secondary N) is 2. The number of amides is 1. The number of carbonyl (C=O) groups excluding carboxylic acids is 1. The van der Waals surface area contributed by atoms with Gasteiger partial charge in [-0.15, -0.1) is 0 Å². The molecular weight excluding hydrogens is 404 g/mol. The molecule has 1 amide bonds. The van der Waals surface area contributed by atoms with Gasteiger partial charge in [0, 0.05) is 25.3 Å². The zero-order valence-electron chi connectivity index (χ0n) is 16.3. The van der Waals surface area contributed by atoms with Crippen molar-refractivity contribution >= 4 is 31.3 Å². The molecule has 1 aromatic carbocycles. The molecule has 0 aromatic heterocycles. The lowest BCUT2D eigenvalue weighted by Crippen LogP contribution is -2.43. The lowest BCUT2D eigenvalue weighted by molar-refractivity contribution is -0.114. The standard InChI is InChI=1S/C18H28N2O6S2/c1-13(2)26-10-4-9-19-17-11-27(22,23)12-18(17)28(24,25)16-7-5-15(6-8-16)20-14(3)21/h5-8,13,17-19H,4,9-12H2,1-3H3,(H,20,21)/t17-,18-/m0/s1. The second kappa shape index (κ2) is 9.34. The van der Waals surface area contributed by atoms with Crippen molar-refractivity contribution in [2.45, 2.75) is 49.5 Å². The number of rotatable bonds is 9. The molecule has 0 unspecified atom stereocenters. The second-order valence-corrected chi connectivity index (χ2v) is 11.5. The van der Waals surface area contributed by atoms with Gasteiger partial charge in [-0.05, 0) is 51.1 Å². The molecule has 0 aliphatic carbocycles. The normalized spacial score (nSPS) is 21.7. The summed E-state index contributed by atoms with van der Waals surface area (Å²) >= 11 is 0. The average Bonchev–Trinajstić information content (AvgIpc) is 2.90. The molecule has 0 radical (unpaired) electrons. The molecule has 1 aliphatic rings. The van der Waals surface area contributed by atoms with Crippen molar-refractivity contribution < 1.29 is 26.4 Å². The Labute approximate surface area is 166 Å². The summed E-state index contributed by atoms with van der Waals surface area (Å²) in [5.74, 6) is -0.863. The van der Waals surface area contributed by atoms with E-state index >= 15 is 0 Å². The highest BCUT2D eigenvalue weighted by Gasteiger charge is 2.45. The van der Waals surface area contributed by atoms with Gasteiger partial charge in [-0.1, -0.05) is 0 Å². The Kier molecular flexibility index (Phi) is 7.60. The molecule has 8 nitrogen and oxygen atoms in total. The molecule has 2 atom stereocenters. The molecule has 1 aliphatic heterocycles. The molecule has 1 heterocycles. The minimum absolute atomic E-state index is 0.0404. The smallest absolute Gasteiger partial charge is 0.221 e. The first-order chi connectivity index (χ1) is 13.0. The third-order valence-electron chi connectivity index (χ3n) is 4.38. The quantitative estimate of drug-likeness (QED) is 0.559. The van der Waals surface area contributed by atoms with Gasteiger partial charge in [0.15, 0.2) is 19.7 Å². The summed E-state index contributed by atoms with van der Waals surface area (Å²) in [5, 5.41) is 4.60. The van der Waals surface area contributed by atoms with Crippen LogP contribution in [0.5, 0.6) is 0 Å². The SMILES string of the molecule is CC(=O)Nc1ccc(S(=O)(=O)[C@H]2CS(=O)(=O)C[C@@H]2NCCCOC(C)C)cc1. The number of benzene rings is 1. The summed E-state index contributed by atoms with van der Waals surface area (Å²) in [6.07, 6.45) is 0.771. The van der Waals surface area contributed by atoms with Gasteiger partial charge >= 0.3 is 0 Å². The number of hydrogen-bond donors (Lipinski definition) is 2. The van der Waals surface area contributed by atoms with E-state index in [1.54, 1.807) is 0 Å². The van der Waals surface area contributed by atoms with E-state index in [0.717, 1.165) is 0 Å². The van der Waals surface area contributed by atoms with Crippen LogP contribution >= 0.6 is 0 Å². The van der Waals surface area contributed by atoms with Crippen LogP contribution in [-0.2, 0) is 29.2 Å². The number of carbonyl (C=O) groups is 1. The summed E-state index contributed by atoms with van der Waals surface area (Å²) in [6, 6.07) is 5.09. The zero-order valence-corrected chi connectivity index (χ0v) is 18.0. The first-order valence-electron chi connectivity index (χ1n) is 9.18. The Bertz CT molecular complexity index is 879. The number of ether oxygens (including phenoxy) is 1. The summed E-state index contributed by atoms with van der Waals surface area (Å²) in [7, 11) is -7.29. The first-order valence-corrected chi connectivity index (χ1v) is 12.5. The fourth-order valence-electron chi connectivity index (χ4n) is 3.10. The number of anilines is 1. The van der Waals surface area contributed by atoms with Gasteiger partial charge in [-0.3, -0.25) is 4.79 Å². The van der Waals surface area contributed by atoms with Crippen molar-refractivity contribution in [3.8, 4) is 0 Å². The highest BCUT2D eigenvalue weighted by atomic mass is 32.2. The van der Waals surface area contributed by atoms with Crippen LogP contribution in [0.3, 0.4) is 0 Å². The monoisotopic (exact) mass is 432 g/mol. The lowest BCUT2D eigenvalue weighted by Gasteiger charge is -2.20. The van der Waals surface area contributed by atoms with Crippen LogP contribution in [-0.4, -0.2) is 64.8 Å². The van der Waals surface area contributed by atoms with Gasteiger partial charge in [-0.25, -0.2) is 16.8 Å². The van der Waals surface area contributed by atoms with E-state index < -0.39 is 36.7 Å². The highest BCUT2D eigenvalue weighted by Crippen LogP contribution is 2.27. The molecule has 28 heavy (non-hydrogen) atoms. The Morgan fingerprint density at radius 1 is 1.21 bits per heavy atom. The van der Waals surface area contributed by atoms with Gasteiger partial charge in [0.25, 0.3) is 0 Å². The molecule has 1 fully saturated rings. The minimum atomic E-state index is -3.85. The van der Waals surface area contributed by atoms with Crippen molar-refractivity contribution in [3.05, 3.63) is 24.3 Å². The third kappa shape index (κ3) is 6.26. The number of sulfone groups is 2. The molecular formula is C18H28N2O6S2. The van der Waals surface area contributed by atoms with Gasteiger partial charge in [-0.2, -0.15) is 0 Å². The van der Waals surface area contributed by atoms with Gasteiger partial charge in [0.05, 0.1) is 27.8 Å². The summed E-state index contributed by atoms with van der Waals surface area (Å²) in [6.45, 7) is 6.21. The van der Waals surface area contributed by atoms with Crippen LogP contribution in [0.2, 0.25) is 0 Å². The maximum absolute atomic E-state index is 13.0. The van der Waals surface area contributed by atoms with Gasteiger partial charge in [0.2, 0.25) is 5.91 Å². The van der Waals surface area contributed by atoms with Crippen molar-refractivity contribution in [1.29, 1.82) is 0 Å². The van der Waals surface area contributed by atoms with E-state index in [0.29, 0.717) is 25.3 Å². The maximum atomic E-state index is 13.0. The van der Waals surface area contributed by atoms with Crippen molar-refractivity contribution in [2.75, 3.05) is 30.0 Å². The van der Waals surface area contributed by atoms with Gasteiger partial charge in [0.1, 0.15) is 0 Å². The average molecular weight is 433 g/mol. The van der Waals surface area contributed by atoms with E-state index in [4.69, 9.17) is 4.74 Å². The molecule has 1 saturated heterocycles. The van der Waals surface area contributed by atoms with Crippen LogP contribution in [0, 0.1) is 0 Å². The fraction of sp³-hybridized carbons (Fsp3) is 0.611. The van der Waals surface area contributed by atoms with Crippen molar-refractivity contribution in [2.24, 2.45) is 0 Å². The Morgan fingerprint density at radius 2 is 1.86 bits per heavy atom. The Morgan fingerprint density at radius 3 is 2.43 bits per heavy atom. The molecule has 0 bridgehead atoms. The molecule has 0 spiro atoms. The van der Waals surface area contributed by atoms with Crippen LogP contribution in [0.25, 0.3) is 0 Å². The van der Waals surface area contributed by atoms with Crippen LogP contribution in [0.15, 0.2) is 29.2 Å². The molecule has 1 aromatic rings. The summed E-state index contributed by atoms with van der Waals surface area (Å²) in [5.41, 5.74) is 0.477. The third-order valence-corrected chi connectivity index (χ3v) is 8.55. The van der Waals surface area contributed by atoms with E-state index in [1.165, 1.54) is 31.2 Å². The lowest BCUT2D eigenvalue weighted by atomic mass is 10.2. The fourth-order valence-corrected chi connectivity index (χ4v) is 7.81. The molecule has 0 saturated carbocycles. The van der Waals surface area contributed by atoms with E-state index in [-0.39, 0.29) is 22.7 Å². The topological polar surface area (TPSA) is 119 Å². The van der Waals surface area contributed by atoms with Gasteiger partial charge < -0.3 is 15.4 Å². The summed E-state index contributed by atoms with van der Waals surface area (Å²) < 4.78 is 55.7. The number of hydrogen-bond acceptors (Lipinski definition) is 7. The molecule has 2 rings (SSSR count). The highest BCUT2D eigenvalue weighted by molar-refractivity contribution is 7.96. The second-order valence-electron chi connectivity index (χ2n) is 7.20. The maximum Gasteiger partial charge on any atom is 0.221 e. The Balaban J connectivity index is 2.11. The van der Waals surface area contributed by atoms with Crippen molar-refractivity contribution in [1.82, 2.24) is 5.32 Å². The molecule has 2 N–H and O–H groups in total. The van der Waals surface area contributed by atoms with Crippen LogP contribution in [0.4, 0.5) is 5.69 Å².